The quantitative estimate of drug-likeness (QED) is 0.472. The van der Waals surface area contributed by atoms with E-state index in [1.54, 1.807) is 35.4 Å². The molecule has 3 aromatic heterocycles. The van der Waals surface area contributed by atoms with Gasteiger partial charge in [0, 0.05) is 25.7 Å². The number of ether oxygens (including phenoxy) is 1. The van der Waals surface area contributed by atoms with Gasteiger partial charge in [-0.3, -0.25) is 18.8 Å². The lowest BCUT2D eigenvalue weighted by molar-refractivity contribution is 0.0426. The van der Waals surface area contributed by atoms with E-state index in [0.29, 0.717) is 59.7 Å². The monoisotopic (exact) mass is 456 g/mol. The van der Waals surface area contributed by atoms with Crippen molar-refractivity contribution in [2.45, 2.75) is 38.3 Å². The molecule has 8 heteroatoms. The van der Waals surface area contributed by atoms with Gasteiger partial charge in [-0.2, -0.15) is 0 Å². The van der Waals surface area contributed by atoms with Crippen LogP contribution in [0.25, 0.3) is 16.7 Å². The molecule has 0 bridgehead atoms. The van der Waals surface area contributed by atoms with Gasteiger partial charge in [-0.1, -0.05) is 25.1 Å². The van der Waals surface area contributed by atoms with Crippen molar-refractivity contribution in [3.63, 3.8) is 0 Å². The number of hydrogen-bond acceptors (Lipinski definition) is 5. The number of nitrogens with zero attached hydrogens (tertiary/aromatic N) is 4. The third-order valence-electron chi connectivity index (χ3n) is 6.84. The smallest absolute Gasteiger partial charge is 0.270 e. The van der Waals surface area contributed by atoms with E-state index < -0.39 is 5.60 Å². The summed E-state index contributed by atoms with van der Waals surface area (Å²) in [5.74, 6) is 0.448. The van der Waals surface area contributed by atoms with Crippen LogP contribution in [0.2, 0.25) is 0 Å². The van der Waals surface area contributed by atoms with Crippen LogP contribution in [0.15, 0.2) is 59.5 Å². The molecule has 0 saturated carbocycles. The van der Waals surface area contributed by atoms with E-state index in [2.05, 4.69) is 0 Å². The molecule has 4 aromatic rings. The molecule has 0 radical (unpaired) electrons. The van der Waals surface area contributed by atoms with Crippen LogP contribution in [0.1, 0.15) is 47.0 Å². The summed E-state index contributed by atoms with van der Waals surface area (Å²) in [6.07, 6.45) is 3.30. The number of rotatable bonds is 3. The van der Waals surface area contributed by atoms with E-state index in [4.69, 9.17) is 9.72 Å². The van der Waals surface area contributed by atoms with Gasteiger partial charge >= 0.3 is 0 Å². The van der Waals surface area contributed by atoms with Gasteiger partial charge in [-0.15, -0.1) is 0 Å². The largest absolute Gasteiger partial charge is 0.484 e. The fourth-order valence-corrected chi connectivity index (χ4v) is 5.23. The Hall–Kier alpha value is -3.94. The Kier molecular flexibility index (Phi) is 4.58. The summed E-state index contributed by atoms with van der Waals surface area (Å²) in [6.45, 7) is 3.41. The maximum atomic E-state index is 13.7. The van der Waals surface area contributed by atoms with Crippen molar-refractivity contribution in [2.75, 3.05) is 13.1 Å². The average molecular weight is 457 g/mol. The van der Waals surface area contributed by atoms with Crippen molar-refractivity contribution in [3.05, 3.63) is 76.3 Å². The second-order valence-corrected chi connectivity index (χ2v) is 9.12. The van der Waals surface area contributed by atoms with E-state index in [9.17, 15) is 14.4 Å². The standard InChI is InChI=1S/C26H24N4O4/c1-2-11-29-19(14-18-23(29)27-22-9-5-6-12-30(22)24(18)32)25(33)28-13-10-26(16-28)15-20(31)17-7-3-4-8-21(17)34-26/h3-9,12,14H,2,10-11,13,15-16H2,1H3. The van der Waals surface area contributed by atoms with Gasteiger partial charge in [0.1, 0.15) is 28.3 Å². The van der Waals surface area contributed by atoms with Crippen molar-refractivity contribution in [3.8, 4) is 5.75 Å². The number of aryl methyl sites for hydroxylation is 1. The second kappa shape index (κ2) is 7.55. The third kappa shape index (κ3) is 3.05. The summed E-state index contributed by atoms with van der Waals surface area (Å²) < 4.78 is 9.63. The van der Waals surface area contributed by atoms with Crippen LogP contribution in [-0.2, 0) is 6.54 Å². The summed E-state index contributed by atoms with van der Waals surface area (Å²) in [5.41, 5.74) is 1.20. The molecule has 2 aliphatic heterocycles. The predicted molar refractivity (Wildman–Crippen MR) is 127 cm³/mol. The molecule has 172 valence electrons. The van der Waals surface area contributed by atoms with Gasteiger partial charge in [0.2, 0.25) is 0 Å². The first-order valence-corrected chi connectivity index (χ1v) is 11.6. The molecule has 1 amide bonds. The van der Waals surface area contributed by atoms with Crippen molar-refractivity contribution in [2.24, 2.45) is 0 Å². The number of fused-ring (bicyclic) bond motifs is 3. The van der Waals surface area contributed by atoms with Crippen LogP contribution in [0.5, 0.6) is 5.75 Å². The Morgan fingerprint density at radius 1 is 1.15 bits per heavy atom. The maximum absolute atomic E-state index is 13.7. The Labute approximate surface area is 195 Å². The molecule has 1 atom stereocenters. The number of Topliss-reactive ketones (excluding diaryl/α,β-unsaturated/α-hetero) is 1. The average Bonchev–Trinajstić information content (AvgIpc) is 3.41. The summed E-state index contributed by atoms with van der Waals surface area (Å²) in [6, 6.07) is 14.3. The number of benzene rings is 1. The first-order chi connectivity index (χ1) is 16.5. The Bertz CT molecular complexity index is 1540. The summed E-state index contributed by atoms with van der Waals surface area (Å²) in [5, 5.41) is 0.424. The first kappa shape index (κ1) is 20.7. The van der Waals surface area contributed by atoms with Gasteiger partial charge < -0.3 is 14.2 Å². The molecule has 1 aromatic carbocycles. The van der Waals surface area contributed by atoms with E-state index >= 15 is 0 Å². The Balaban J connectivity index is 1.38. The van der Waals surface area contributed by atoms with E-state index in [0.717, 1.165) is 6.42 Å². The van der Waals surface area contributed by atoms with Crippen molar-refractivity contribution in [1.29, 1.82) is 0 Å². The second-order valence-electron chi connectivity index (χ2n) is 9.12. The van der Waals surface area contributed by atoms with E-state index in [-0.39, 0.29) is 23.7 Å². The lowest BCUT2D eigenvalue weighted by Crippen LogP contribution is -2.45. The number of hydrogen-bond donors (Lipinski definition) is 0. The van der Waals surface area contributed by atoms with Crippen LogP contribution < -0.4 is 10.3 Å². The molecule has 6 rings (SSSR count). The number of para-hydroxylation sites is 1. The highest BCUT2D eigenvalue weighted by molar-refractivity contribution is 6.01. The zero-order chi connectivity index (χ0) is 23.4. The molecule has 1 spiro atoms. The van der Waals surface area contributed by atoms with Crippen LogP contribution in [0, 0.1) is 0 Å². The normalized spacial score (nSPS) is 19.7. The van der Waals surface area contributed by atoms with Gasteiger partial charge in [0.15, 0.2) is 5.78 Å². The van der Waals surface area contributed by atoms with Crippen molar-refractivity contribution in [1.82, 2.24) is 18.9 Å². The highest BCUT2D eigenvalue weighted by atomic mass is 16.5. The minimum atomic E-state index is -0.713. The van der Waals surface area contributed by atoms with Crippen LogP contribution in [-0.4, -0.2) is 49.2 Å². The summed E-state index contributed by atoms with van der Waals surface area (Å²) in [4.78, 5) is 46.0. The highest BCUT2D eigenvalue weighted by Gasteiger charge is 2.47. The topological polar surface area (TPSA) is 85.9 Å². The predicted octanol–water partition coefficient (Wildman–Crippen LogP) is 3.31. The Morgan fingerprint density at radius 2 is 1.97 bits per heavy atom. The number of likely N-dealkylation sites (tertiary alicyclic amines) is 1. The first-order valence-electron chi connectivity index (χ1n) is 11.6. The van der Waals surface area contributed by atoms with Gasteiger partial charge in [-0.25, -0.2) is 4.98 Å². The van der Waals surface area contributed by atoms with Crippen LogP contribution in [0.3, 0.4) is 0 Å². The lowest BCUT2D eigenvalue weighted by Gasteiger charge is -2.34. The number of aromatic nitrogens is 3. The molecule has 34 heavy (non-hydrogen) atoms. The maximum Gasteiger partial charge on any atom is 0.270 e. The lowest BCUT2D eigenvalue weighted by atomic mass is 9.89. The minimum absolute atomic E-state index is 0.0418. The molecule has 1 fully saturated rings. The van der Waals surface area contributed by atoms with Crippen LogP contribution >= 0.6 is 0 Å². The van der Waals surface area contributed by atoms with Crippen molar-refractivity contribution < 1.29 is 14.3 Å². The molecule has 0 aliphatic carbocycles. The Morgan fingerprint density at radius 3 is 2.82 bits per heavy atom. The fraction of sp³-hybridized carbons (Fsp3) is 0.308. The van der Waals surface area contributed by atoms with E-state index in [1.807, 2.05) is 35.8 Å². The molecular formula is C26H24N4O4. The van der Waals surface area contributed by atoms with Crippen LogP contribution in [0.4, 0.5) is 0 Å². The SMILES string of the molecule is CCCn1c(C(=O)N2CCC3(CC(=O)c4ccccc4O3)C2)cc2c(=O)n3ccccc3nc21. The molecule has 1 saturated heterocycles. The highest BCUT2D eigenvalue weighted by Crippen LogP contribution is 2.39. The molecule has 2 aliphatic rings. The molecule has 8 nitrogen and oxygen atoms in total. The number of carbonyl (C=O) groups is 2. The number of pyridine rings is 1. The summed E-state index contributed by atoms with van der Waals surface area (Å²) >= 11 is 0. The van der Waals surface area contributed by atoms with E-state index in [1.165, 1.54) is 4.40 Å². The molecule has 0 N–H and O–H groups in total. The van der Waals surface area contributed by atoms with Crippen molar-refractivity contribution >= 4 is 28.4 Å². The molecular weight excluding hydrogens is 432 g/mol. The molecule has 5 heterocycles. The fourth-order valence-electron chi connectivity index (χ4n) is 5.23. The third-order valence-corrected chi connectivity index (χ3v) is 6.84. The zero-order valence-electron chi connectivity index (χ0n) is 18.9. The molecule has 1 unspecified atom stereocenters. The zero-order valence-corrected chi connectivity index (χ0v) is 18.9. The van der Waals surface area contributed by atoms with Gasteiger partial charge in [-0.05, 0) is 36.8 Å². The number of carbonyl (C=O) groups excluding carboxylic acids is 2. The number of amides is 1. The van der Waals surface area contributed by atoms with Gasteiger partial charge in [0.25, 0.3) is 11.5 Å². The summed E-state index contributed by atoms with van der Waals surface area (Å²) in [7, 11) is 0. The minimum Gasteiger partial charge on any atom is -0.484 e. The number of ketones is 1. The van der Waals surface area contributed by atoms with Gasteiger partial charge in [0.05, 0.1) is 23.9 Å².